The Labute approximate surface area is 215 Å². The average molecular weight is 511 g/mol. The van der Waals surface area contributed by atoms with Gasteiger partial charge in [0.15, 0.2) is 5.78 Å². The minimum atomic E-state index is -0.886. The molecule has 1 aliphatic carbocycles. The van der Waals surface area contributed by atoms with Crippen molar-refractivity contribution in [3.8, 4) is 5.75 Å². The van der Waals surface area contributed by atoms with Crippen LogP contribution in [0.5, 0.6) is 5.75 Å². The second-order valence-corrected chi connectivity index (χ2v) is 10.4. The molecule has 3 amide bonds. The molecule has 1 saturated carbocycles. The maximum Gasteiger partial charge on any atom is 0.271 e. The van der Waals surface area contributed by atoms with Gasteiger partial charge in [-0.25, -0.2) is 0 Å². The summed E-state index contributed by atoms with van der Waals surface area (Å²) in [5, 5.41) is 15.8. The van der Waals surface area contributed by atoms with E-state index in [0.717, 1.165) is 30.2 Å². The molecule has 10 heteroatoms. The van der Waals surface area contributed by atoms with Crippen molar-refractivity contribution in [2.75, 3.05) is 26.8 Å². The molecule has 0 bridgehead atoms. The number of benzene rings is 1. The predicted octanol–water partition coefficient (Wildman–Crippen LogP) is 1.38. The maximum atomic E-state index is 13.7. The summed E-state index contributed by atoms with van der Waals surface area (Å²) in [6.07, 6.45) is 3.48. The summed E-state index contributed by atoms with van der Waals surface area (Å²) in [5.41, 5.74) is 1.15. The number of nitrogens with zero attached hydrogens (tertiary/aromatic N) is 1. The molecule has 3 fully saturated rings. The zero-order chi connectivity index (χ0) is 26.1. The van der Waals surface area contributed by atoms with E-state index in [4.69, 9.17) is 4.74 Å². The zero-order valence-corrected chi connectivity index (χ0v) is 21.0. The van der Waals surface area contributed by atoms with E-state index in [2.05, 4.69) is 15.6 Å². The lowest BCUT2D eigenvalue weighted by molar-refractivity contribution is -0.132. The van der Waals surface area contributed by atoms with Crippen molar-refractivity contribution >= 4 is 34.4 Å². The largest absolute Gasteiger partial charge is 0.496 e. The van der Waals surface area contributed by atoms with Gasteiger partial charge in [0.25, 0.3) is 5.91 Å². The number of nitrogens with one attached hydrogen (secondary N) is 3. The third kappa shape index (κ3) is 4.82. The Bertz CT molecular complexity index is 1210. The third-order valence-corrected chi connectivity index (χ3v) is 8.24. The summed E-state index contributed by atoms with van der Waals surface area (Å²) in [7, 11) is 1.58. The number of amides is 3. The van der Waals surface area contributed by atoms with Gasteiger partial charge in [-0.15, -0.1) is 0 Å². The fraction of sp³-hybridized carbons (Fsp3) is 0.556. The van der Waals surface area contributed by atoms with Crippen LogP contribution in [0.25, 0.3) is 10.9 Å². The molecular weight excluding hydrogens is 476 g/mol. The molecule has 10 nitrogen and oxygen atoms in total. The quantitative estimate of drug-likeness (QED) is 0.402. The van der Waals surface area contributed by atoms with Crippen molar-refractivity contribution in [3.05, 3.63) is 30.0 Å². The number of H-pyrrole nitrogens is 1. The lowest BCUT2D eigenvalue weighted by atomic mass is 9.91. The van der Waals surface area contributed by atoms with Crippen LogP contribution >= 0.6 is 0 Å². The van der Waals surface area contributed by atoms with Crippen LogP contribution in [0.2, 0.25) is 0 Å². The summed E-state index contributed by atoms with van der Waals surface area (Å²) >= 11 is 0. The molecule has 3 heterocycles. The normalized spacial score (nSPS) is 25.7. The van der Waals surface area contributed by atoms with Crippen LogP contribution in [0, 0.1) is 17.8 Å². The number of hydrogen-bond acceptors (Lipinski definition) is 6. The fourth-order valence-corrected chi connectivity index (χ4v) is 6.39. The van der Waals surface area contributed by atoms with Crippen LogP contribution in [0.15, 0.2) is 24.3 Å². The van der Waals surface area contributed by atoms with Crippen LogP contribution in [0.3, 0.4) is 0 Å². The van der Waals surface area contributed by atoms with Gasteiger partial charge < -0.3 is 30.4 Å². The van der Waals surface area contributed by atoms with E-state index in [0.29, 0.717) is 31.0 Å². The van der Waals surface area contributed by atoms with E-state index in [1.54, 1.807) is 18.1 Å². The Kier molecular flexibility index (Phi) is 7.19. The molecule has 2 saturated heterocycles. The Morgan fingerprint density at radius 2 is 2.08 bits per heavy atom. The second-order valence-electron chi connectivity index (χ2n) is 10.4. The van der Waals surface area contributed by atoms with Crippen LogP contribution in [0.1, 0.15) is 49.0 Å². The standard InChI is InChI=1S/C27H34N4O6/c1-37-23-7-3-6-19-18(23)13-21(29-19)27(36)31-14-16-4-2-5-17(16)24(31)26(35)30-20(22(33)9-11-32)12-15-8-10-28-25(15)34/h3,6-7,13,15-17,20,24,29,32H,2,4-5,8-12,14H2,1H3,(H,28,34)(H,30,35). The van der Waals surface area contributed by atoms with Crippen LogP contribution in [-0.2, 0) is 14.4 Å². The number of ether oxygens (including phenoxy) is 1. The van der Waals surface area contributed by atoms with Crippen molar-refractivity contribution < 1.29 is 29.0 Å². The first-order valence-corrected chi connectivity index (χ1v) is 13.1. The van der Waals surface area contributed by atoms with E-state index in [9.17, 15) is 24.3 Å². The Morgan fingerprint density at radius 1 is 1.24 bits per heavy atom. The summed E-state index contributed by atoms with van der Waals surface area (Å²) < 4.78 is 5.43. The molecular formula is C27H34N4O6. The van der Waals surface area contributed by atoms with Crippen LogP contribution in [0.4, 0.5) is 0 Å². The Morgan fingerprint density at radius 3 is 2.81 bits per heavy atom. The molecule has 198 valence electrons. The van der Waals surface area contributed by atoms with Crippen molar-refractivity contribution in [2.45, 2.75) is 50.6 Å². The first-order valence-electron chi connectivity index (χ1n) is 13.1. The van der Waals surface area contributed by atoms with Crippen molar-refractivity contribution in [1.29, 1.82) is 0 Å². The van der Waals surface area contributed by atoms with Gasteiger partial charge in [-0.2, -0.15) is 0 Å². The average Bonchev–Trinajstić information content (AvgIpc) is 3.66. The lowest BCUT2D eigenvalue weighted by Gasteiger charge is -2.29. The number of aromatic nitrogens is 1. The van der Waals surface area contributed by atoms with Crippen molar-refractivity contribution in [3.63, 3.8) is 0 Å². The molecule has 5 atom stereocenters. The number of aromatic amines is 1. The molecule has 5 unspecified atom stereocenters. The van der Waals surface area contributed by atoms with Gasteiger partial charge >= 0.3 is 0 Å². The fourth-order valence-electron chi connectivity index (χ4n) is 6.39. The van der Waals surface area contributed by atoms with Gasteiger partial charge in [-0.3, -0.25) is 19.2 Å². The van der Waals surface area contributed by atoms with Gasteiger partial charge in [0.2, 0.25) is 11.8 Å². The summed E-state index contributed by atoms with van der Waals surface area (Å²) in [4.78, 5) is 57.2. The monoisotopic (exact) mass is 510 g/mol. The van der Waals surface area contributed by atoms with E-state index in [1.807, 2.05) is 18.2 Å². The number of hydrogen-bond donors (Lipinski definition) is 4. The molecule has 37 heavy (non-hydrogen) atoms. The highest BCUT2D eigenvalue weighted by Crippen LogP contribution is 2.43. The van der Waals surface area contributed by atoms with E-state index >= 15 is 0 Å². The number of fused-ring (bicyclic) bond motifs is 2. The van der Waals surface area contributed by atoms with Crippen molar-refractivity contribution in [1.82, 2.24) is 20.5 Å². The van der Waals surface area contributed by atoms with Crippen molar-refractivity contribution in [2.24, 2.45) is 17.8 Å². The number of carbonyl (C=O) groups excluding carboxylic acids is 4. The van der Waals surface area contributed by atoms with E-state index in [1.165, 1.54) is 0 Å². The van der Waals surface area contributed by atoms with Gasteiger partial charge in [-0.05, 0) is 55.7 Å². The first-order chi connectivity index (χ1) is 17.9. The van der Waals surface area contributed by atoms with Gasteiger partial charge in [0, 0.05) is 36.3 Å². The van der Waals surface area contributed by atoms with E-state index in [-0.39, 0.29) is 60.7 Å². The number of aliphatic hydroxyl groups excluding tert-OH is 1. The lowest BCUT2D eigenvalue weighted by Crippen LogP contribution is -2.53. The third-order valence-electron chi connectivity index (χ3n) is 8.24. The van der Waals surface area contributed by atoms with Gasteiger partial charge in [-0.1, -0.05) is 12.5 Å². The maximum absolute atomic E-state index is 13.7. The Hall–Kier alpha value is -3.40. The number of aliphatic hydroxyl groups is 1. The molecule has 2 aromatic rings. The van der Waals surface area contributed by atoms with Gasteiger partial charge in [0.05, 0.1) is 19.8 Å². The Balaban J connectivity index is 1.39. The SMILES string of the molecule is COc1cccc2[nH]c(C(=O)N3CC4CCCC4C3C(=O)NC(CC3CCNC3=O)C(=O)CCO)cc12. The smallest absolute Gasteiger partial charge is 0.271 e. The minimum absolute atomic E-state index is 0.0197. The number of ketones is 1. The van der Waals surface area contributed by atoms with Gasteiger partial charge in [0.1, 0.15) is 17.5 Å². The van der Waals surface area contributed by atoms with E-state index < -0.39 is 12.1 Å². The molecule has 4 N–H and O–H groups in total. The predicted molar refractivity (Wildman–Crippen MR) is 135 cm³/mol. The first kappa shape index (κ1) is 25.3. The van der Waals surface area contributed by atoms with Crippen LogP contribution in [-0.4, -0.2) is 77.4 Å². The zero-order valence-electron chi connectivity index (χ0n) is 21.0. The molecule has 0 radical (unpaired) electrons. The topological polar surface area (TPSA) is 141 Å². The highest BCUT2D eigenvalue weighted by molar-refractivity contribution is 6.02. The summed E-state index contributed by atoms with van der Waals surface area (Å²) in [6.45, 7) is 0.696. The molecule has 3 aliphatic rings. The molecule has 5 rings (SSSR count). The van der Waals surface area contributed by atoms with Crippen LogP contribution < -0.4 is 15.4 Å². The number of methoxy groups -OCH3 is 1. The minimum Gasteiger partial charge on any atom is -0.496 e. The number of Topliss-reactive ketones (excluding diaryl/α,β-unsaturated/α-hetero) is 1. The number of likely N-dealkylation sites (tertiary alicyclic amines) is 1. The second kappa shape index (κ2) is 10.5. The number of carbonyl (C=O) groups is 4. The molecule has 1 aromatic carbocycles. The molecule has 2 aliphatic heterocycles. The highest BCUT2D eigenvalue weighted by atomic mass is 16.5. The molecule has 1 aromatic heterocycles. The summed E-state index contributed by atoms with van der Waals surface area (Å²) in [6, 6.07) is 5.71. The highest BCUT2D eigenvalue weighted by Gasteiger charge is 2.50. The number of rotatable bonds is 9. The summed E-state index contributed by atoms with van der Waals surface area (Å²) in [5.74, 6) is -0.531. The molecule has 0 spiro atoms.